The Morgan fingerprint density at radius 3 is 2.40 bits per heavy atom. The van der Waals surface area contributed by atoms with Gasteiger partial charge in [0.25, 0.3) is 15.9 Å². The molecule has 0 aliphatic heterocycles. The van der Waals surface area contributed by atoms with Gasteiger partial charge in [0, 0.05) is 18.8 Å². The average molecular weight is 437 g/mol. The van der Waals surface area contributed by atoms with Crippen molar-refractivity contribution in [1.82, 2.24) is 5.32 Å². The van der Waals surface area contributed by atoms with Gasteiger partial charge in [-0.05, 0) is 68.8 Å². The quantitative estimate of drug-likeness (QED) is 0.561. The lowest BCUT2D eigenvalue weighted by Crippen LogP contribution is -2.38. The predicted molar refractivity (Wildman–Crippen MR) is 115 cm³/mol. The molecule has 0 aromatic heterocycles. The molecule has 2 aromatic rings. The van der Waals surface area contributed by atoms with E-state index in [1.165, 1.54) is 18.2 Å². The molecule has 2 N–H and O–H groups in total. The number of carbonyl (C=O) groups excluding carboxylic acids is 1. The zero-order chi connectivity index (χ0) is 22.1. The number of methoxy groups -OCH3 is 1. The molecule has 0 aliphatic rings. The number of carbonyl (C=O) groups is 1. The molecule has 0 saturated heterocycles. The fourth-order valence-corrected chi connectivity index (χ4v) is 3.85. The van der Waals surface area contributed by atoms with Crippen molar-refractivity contribution in [3.63, 3.8) is 0 Å². The molecule has 0 unspecified atom stereocenters. The number of anilines is 1. The molecule has 0 aliphatic carbocycles. The summed E-state index contributed by atoms with van der Waals surface area (Å²) < 4.78 is 43.7. The molecule has 2 rings (SSSR count). The van der Waals surface area contributed by atoms with E-state index in [9.17, 15) is 13.2 Å². The summed E-state index contributed by atoms with van der Waals surface area (Å²) in [5.41, 5.74) is 1.03. The number of sulfonamides is 1. The van der Waals surface area contributed by atoms with Crippen LogP contribution in [-0.2, 0) is 19.6 Å². The van der Waals surface area contributed by atoms with Crippen LogP contribution < -0.4 is 19.5 Å². The van der Waals surface area contributed by atoms with Crippen LogP contribution in [-0.4, -0.2) is 47.3 Å². The van der Waals surface area contributed by atoms with Gasteiger partial charge in [0.1, 0.15) is 11.5 Å². The summed E-state index contributed by atoms with van der Waals surface area (Å²) in [5, 5.41) is 2.74. The molecule has 0 radical (unpaired) electrons. The van der Waals surface area contributed by atoms with E-state index in [1.807, 2.05) is 13.8 Å². The summed E-state index contributed by atoms with van der Waals surface area (Å²) in [7, 11) is -2.21. The monoisotopic (exact) mass is 436 g/mol. The van der Waals surface area contributed by atoms with E-state index >= 15 is 0 Å². The largest absolute Gasteiger partial charge is 0.494 e. The lowest BCUT2D eigenvalue weighted by Gasteiger charge is -2.15. The molecule has 0 fully saturated rings. The van der Waals surface area contributed by atoms with E-state index in [1.54, 1.807) is 38.3 Å². The van der Waals surface area contributed by atoms with Gasteiger partial charge < -0.3 is 19.5 Å². The topological polar surface area (TPSA) is 103 Å². The van der Waals surface area contributed by atoms with Crippen molar-refractivity contribution in [1.29, 1.82) is 0 Å². The first kappa shape index (κ1) is 23.5. The Balaban J connectivity index is 2.01. The number of hydrogen-bond acceptors (Lipinski definition) is 6. The van der Waals surface area contributed by atoms with Crippen molar-refractivity contribution >= 4 is 21.6 Å². The van der Waals surface area contributed by atoms with E-state index in [4.69, 9.17) is 14.2 Å². The minimum atomic E-state index is -3.77. The maximum Gasteiger partial charge on any atom is 0.261 e. The molecule has 30 heavy (non-hydrogen) atoms. The van der Waals surface area contributed by atoms with Crippen LogP contribution in [0.25, 0.3) is 0 Å². The highest BCUT2D eigenvalue weighted by atomic mass is 32.2. The van der Waals surface area contributed by atoms with Crippen molar-refractivity contribution in [2.24, 2.45) is 0 Å². The molecule has 0 bridgehead atoms. The Hall–Kier alpha value is -2.78. The summed E-state index contributed by atoms with van der Waals surface area (Å²) in [4.78, 5) is 12.0. The van der Waals surface area contributed by atoms with E-state index in [0.717, 1.165) is 0 Å². The third kappa shape index (κ3) is 6.93. The molecule has 1 atom stereocenters. The SMILES string of the molecule is CCOc1ccc(NS(=O)(=O)c2ccc(OCC(=O)N[C@H](C)COC)c(C)c2)cc1. The van der Waals surface area contributed by atoms with Gasteiger partial charge in [-0.1, -0.05) is 0 Å². The van der Waals surface area contributed by atoms with E-state index in [-0.39, 0.29) is 23.5 Å². The van der Waals surface area contributed by atoms with Crippen LogP contribution in [0.15, 0.2) is 47.4 Å². The molecule has 9 heteroatoms. The number of benzene rings is 2. The lowest BCUT2D eigenvalue weighted by molar-refractivity contribution is -0.124. The van der Waals surface area contributed by atoms with Crippen molar-refractivity contribution in [3.05, 3.63) is 48.0 Å². The van der Waals surface area contributed by atoms with Crippen LogP contribution >= 0.6 is 0 Å². The molecule has 1 amide bonds. The third-order valence-electron chi connectivity index (χ3n) is 4.06. The molecule has 2 aromatic carbocycles. The minimum Gasteiger partial charge on any atom is -0.494 e. The highest BCUT2D eigenvalue weighted by Gasteiger charge is 2.16. The third-order valence-corrected chi connectivity index (χ3v) is 5.44. The van der Waals surface area contributed by atoms with Crippen LogP contribution in [0.4, 0.5) is 5.69 Å². The first-order valence-electron chi connectivity index (χ1n) is 9.52. The summed E-state index contributed by atoms with van der Waals surface area (Å²) >= 11 is 0. The van der Waals surface area contributed by atoms with Crippen molar-refractivity contribution in [2.75, 3.05) is 31.7 Å². The van der Waals surface area contributed by atoms with Crippen LogP contribution in [0.5, 0.6) is 11.5 Å². The molecular weight excluding hydrogens is 408 g/mol. The normalized spacial score (nSPS) is 12.1. The van der Waals surface area contributed by atoms with Gasteiger partial charge in [0.15, 0.2) is 6.61 Å². The van der Waals surface area contributed by atoms with Crippen molar-refractivity contribution < 1.29 is 27.4 Å². The minimum absolute atomic E-state index is 0.0967. The average Bonchev–Trinajstić information content (AvgIpc) is 2.68. The standard InChI is InChI=1S/C21H28N2O6S/c1-5-28-18-8-6-17(7-9-18)23-30(25,26)19-10-11-20(15(2)12-19)29-14-21(24)22-16(3)13-27-4/h6-12,16,23H,5,13-14H2,1-4H3,(H,22,24)/t16-/m1/s1. The van der Waals surface area contributed by atoms with Gasteiger partial charge >= 0.3 is 0 Å². The summed E-state index contributed by atoms with van der Waals surface area (Å²) in [5.74, 6) is 0.816. The van der Waals surface area contributed by atoms with Crippen molar-refractivity contribution in [3.8, 4) is 11.5 Å². The summed E-state index contributed by atoms with van der Waals surface area (Å²) in [6.45, 7) is 6.18. The van der Waals surface area contributed by atoms with Gasteiger partial charge in [0.2, 0.25) is 0 Å². The molecule has 0 spiro atoms. The van der Waals surface area contributed by atoms with Crippen LogP contribution in [0.1, 0.15) is 19.4 Å². The van der Waals surface area contributed by atoms with Crippen LogP contribution in [0, 0.1) is 6.92 Å². The number of hydrogen-bond donors (Lipinski definition) is 2. The number of ether oxygens (including phenoxy) is 3. The zero-order valence-electron chi connectivity index (χ0n) is 17.6. The van der Waals surface area contributed by atoms with Gasteiger partial charge in [-0.2, -0.15) is 0 Å². The Morgan fingerprint density at radius 1 is 1.10 bits per heavy atom. The highest BCUT2D eigenvalue weighted by molar-refractivity contribution is 7.92. The Bertz CT molecular complexity index is 944. The second-order valence-electron chi connectivity index (χ2n) is 6.70. The maximum atomic E-state index is 12.7. The van der Waals surface area contributed by atoms with Crippen molar-refractivity contribution in [2.45, 2.75) is 31.7 Å². The zero-order valence-corrected chi connectivity index (χ0v) is 18.4. The first-order valence-corrected chi connectivity index (χ1v) is 11.0. The lowest BCUT2D eigenvalue weighted by atomic mass is 10.2. The van der Waals surface area contributed by atoms with Gasteiger partial charge in [-0.3, -0.25) is 9.52 Å². The number of nitrogens with one attached hydrogen (secondary N) is 2. The number of aryl methyl sites for hydroxylation is 1. The second kappa shape index (κ2) is 10.8. The molecule has 0 heterocycles. The predicted octanol–water partition coefficient (Wildman–Crippen LogP) is 2.72. The van der Waals surface area contributed by atoms with Gasteiger partial charge in [0.05, 0.1) is 18.1 Å². The maximum absolute atomic E-state index is 12.7. The fraction of sp³-hybridized carbons (Fsp3) is 0.381. The van der Waals surface area contributed by atoms with E-state index in [2.05, 4.69) is 10.0 Å². The van der Waals surface area contributed by atoms with Gasteiger partial charge in [-0.15, -0.1) is 0 Å². The molecule has 0 saturated carbocycles. The van der Waals surface area contributed by atoms with E-state index in [0.29, 0.717) is 36.0 Å². The highest BCUT2D eigenvalue weighted by Crippen LogP contribution is 2.24. The van der Waals surface area contributed by atoms with E-state index < -0.39 is 10.0 Å². The summed E-state index contributed by atoms with van der Waals surface area (Å²) in [6, 6.07) is 11.0. The Morgan fingerprint density at radius 2 is 1.80 bits per heavy atom. The first-order chi connectivity index (χ1) is 14.2. The summed E-state index contributed by atoms with van der Waals surface area (Å²) in [6.07, 6.45) is 0. The number of rotatable bonds is 11. The second-order valence-corrected chi connectivity index (χ2v) is 8.39. The Labute approximate surface area is 177 Å². The number of amides is 1. The fourth-order valence-electron chi connectivity index (χ4n) is 2.70. The smallest absolute Gasteiger partial charge is 0.261 e. The van der Waals surface area contributed by atoms with Crippen LogP contribution in [0.2, 0.25) is 0 Å². The van der Waals surface area contributed by atoms with Crippen LogP contribution in [0.3, 0.4) is 0 Å². The molecule has 164 valence electrons. The molecular formula is C21H28N2O6S. The molecule has 8 nitrogen and oxygen atoms in total. The Kier molecular flexibility index (Phi) is 8.49. The van der Waals surface area contributed by atoms with Gasteiger partial charge in [-0.25, -0.2) is 8.42 Å².